The highest BCUT2D eigenvalue weighted by Crippen LogP contribution is 2.29. The van der Waals surface area contributed by atoms with Gasteiger partial charge in [0.25, 0.3) is 0 Å². The second kappa shape index (κ2) is 13.6. The fraction of sp³-hybridized carbons (Fsp3) is 0.400. The Morgan fingerprint density at radius 2 is 1.48 bits per heavy atom. The molecule has 0 aromatic heterocycles. The van der Waals surface area contributed by atoms with Gasteiger partial charge in [0.05, 0.1) is 11.8 Å². The Hall–Kier alpha value is -2.84. The van der Waals surface area contributed by atoms with Crippen LogP contribution in [0.2, 0.25) is 0 Å². The van der Waals surface area contributed by atoms with Gasteiger partial charge in [-0.05, 0) is 30.0 Å². The van der Waals surface area contributed by atoms with Gasteiger partial charge in [-0.1, -0.05) is 62.4 Å². The summed E-state index contributed by atoms with van der Waals surface area (Å²) in [5.74, 6) is -2.66. The average Bonchev–Trinajstić information content (AvgIpc) is 2.83. The van der Waals surface area contributed by atoms with E-state index in [-0.39, 0.29) is 17.6 Å². The third kappa shape index (κ3) is 8.55. The van der Waals surface area contributed by atoms with E-state index >= 15 is 0 Å². The van der Waals surface area contributed by atoms with E-state index in [4.69, 9.17) is 0 Å². The van der Waals surface area contributed by atoms with Crippen LogP contribution in [0.15, 0.2) is 65.6 Å². The second-order valence-corrected chi connectivity index (χ2v) is 9.39. The molecule has 0 spiro atoms. The molecule has 178 valence electrons. The van der Waals surface area contributed by atoms with Crippen molar-refractivity contribution in [2.45, 2.75) is 37.6 Å². The van der Waals surface area contributed by atoms with E-state index in [2.05, 4.69) is 10.6 Å². The van der Waals surface area contributed by atoms with Gasteiger partial charge in [-0.15, -0.1) is 11.8 Å². The maximum atomic E-state index is 13.4. The van der Waals surface area contributed by atoms with Gasteiger partial charge < -0.3 is 21.3 Å². The molecule has 0 aliphatic heterocycles. The fourth-order valence-electron chi connectivity index (χ4n) is 3.63. The standard InChI is InChI=1S/C25H32N3O4S/c1-17(2)14-20(21(24(30)28-32)16-33-19-12-8-5-9-13-19)23(29)27-22(25(31)26-3)15-18-10-6-4-7-11-18/h4-13,17,20-22H,14-16H2,1-3H3,(H3-,26,27,28,29,30,31,32)/q-1/t20-,21+,22+/m1/s1. The fourth-order valence-corrected chi connectivity index (χ4v) is 4.73. The van der Waals surface area contributed by atoms with Crippen LogP contribution in [0, 0.1) is 23.0 Å². The summed E-state index contributed by atoms with van der Waals surface area (Å²) in [6.07, 6.45) is 0.725. The number of rotatable bonds is 12. The number of hydrogen-bond acceptors (Lipinski definition) is 5. The first-order valence-corrected chi connectivity index (χ1v) is 12.0. The van der Waals surface area contributed by atoms with Gasteiger partial charge in [-0.3, -0.25) is 14.4 Å². The molecule has 3 amide bonds. The predicted molar refractivity (Wildman–Crippen MR) is 131 cm³/mol. The van der Waals surface area contributed by atoms with Gasteiger partial charge >= 0.3 is 0 Å². The normalized spacial score (nSPS) is 13.6. The number of carbonyl (C=O) groups excluding carboxylic acids is 3. The summed E-state index contributed by atoms with van der Waals surface area (Å²) in [6.45, 7) is 3.91. The molecular weight excluding hydrogens is 438 g/mol. The molecule has 2 aromatic rings. The Balaban J connectivity index is 2.24. The quantitative estimate of drug-likeness (QED) is 0.326. The molecule has 2 aromatic carbocycles. The monoisotopic (exact) mass is 470 g/mol. The smallest absolute Gasteiger partial charge is 0.242 e. The molecule has 3 N–H and O–H groups in total. The van der Waals surface area contributed by atoms with Crippen molar-refractivity contribution in [1.82, 2.24) is 16.1 Å². The van der Waals surface area contributed by atoms with Gasteiger partial charge in [0.15, 0.2) is 0 Å². The summed E-state index contributed by atoms with van der Waals surface area (Å²) >= 11 is 1.42. The molecule has 0 saturated heterocycles. The minimum absolute atomic E-state index is 0.108. The van der Waals surface area contributed by atoms with Crippen molar-refractivity contribution in [3.8, 4) is 0 Å². The lowest BCUT2D eigenvalue weighted by molar-refractivity contribution is -0.136. The number of hydrogen-bond donors (Lipinski definition) is 3. The van der Waals surface area contributed by atoms with E-state index in [1.807, 2.05) is 74.5 Å². The molecular formula is C25H32N3O4S-. The van der Waals surface area contributed by atoms with Crippen LogP contribution in [-0.4, -0.2) is 36.6 Å². The van der Waals surface area contributed by atoms with Crippen molar-refractivity contribution in [2.75, 3.05) is 12.8 Å². The Kier molecular flexibility index (Phi) is 10.9. The molecule has 7 nitrogen and oxygen atoms in total. The highest BCUT2D eigenvalue weighted by Gasteiger charge is 2.35. The molecule has 33 heavy (non-hydrogen) atoms. The van der Waals surface area contributed by atoms with Gasteiger partial charge in [-0.2, -0.15) is 0 Å². The zero-order valence-corrected chi connectivity index (χ0v) is 20.1. The summed E-state index contributed by atoms with van der Waals surface area (Å²) in [5, 5.41) is 16.7. The van der Waals surface area contributed by atoms with Gasteiger partial charge in [-0.25, -0.2) is 0 Å². The second-order valence-electron chi connectivity index (χ2n) is 8.30. The number of carbonyl (C=O) groups is 3. The third-order valence-electron chi connectivity index (χ3n) is 5.32. The van der Waals surface area contributed by atoms with Crippen LogP contribution in [-0.2, 0) is 20.8 Å². The molecule has 0 unspecified atom stereocenters. The maximum absolute atomic E-state index is 13.4. The Bertz CT molecular complexity index is 893. The Morgan fingerprint density at radius 1 is 0.879 bits per heavy atom. The van der Waals surface area contributed by atoms with Crippen LogP contribution < -0.4 is 16.1 Å². The van der Waals surface area contributed by atoms with Crippen LogP contribution in [0.5, 0.6) is 0 Å². The minimum Gasteiger partial charge on any atom is -0.759 e. The molecule has 8 heteroatoms. The summed E-state index contributed by atoms with van der Waals surface area (Å²) in [7, 11) is 1.52. The van der Waals surface area contributed by atoms with Crippen molar-refractivity contribution in [3.05, 3.63) is 71.4 Å². The minimum atomic E-state index is -0.836. The first-order valence-electron chi connectivity index (χ1n) is 11.0. The lowest BCUT2D eigenvalue weighted by Gasteiger charge is -2.29. The van der Waals surface area contributed by atoms with E-state index in [0.29, 0.717) is 12.8 Å². The van der Waals surface area contributed by atoms with Crippen molar-refractivity contribution in [3.63, 3.8) is 0 Å². The van der Waals surface area contributed by atoms with Crippen molar-refractivity contribution >= 4 is 29.5 Å². The molecule has 0 fully saturated rings. The van der Waals surface area contributed by atoms with E-state index in [9.17, 15) is 19.6 Å². The number of thioether (sulfide) groups is 1. The molecule has 0 saturated carbocycles. The van der Waals surface area contributed by atoms with Gasteiger partial charge in [0.1, 0.15) is 6.04 Å². The number of hydroxylamine groups is 1. The van der Waals surface area contributed by atoms with Crippen LogP contribution in [0.1, 0.15) is 25.8 Å². The average molecular weight is 471 g/mol. The Morgan fingerprint density at radius 3 is 2.03 bits per heavy atom. The highest BCUT2D eigenvalue weighted by atomic mass is 32.2. The molecule has 0 aliphatic carbocycles. The zero-order chi connectivity index (χ0) is 24.2. The summed E-state index contributed by atoms with van der Waals surface area (Å²) in [4.78, 5) is 39.4. The van der Waals surface area contributed by atoms with Crippen LogP contribution in [0.25, 0.3) is 0 Å². The molecule has 3 atom stereocenters. The topological polar surface area (TPSA) is 110 Å². The summed E-state index contributed by atoms with van der Waals surface area (Å²) in [6, 6.07) is 18.1. The molecule has 0 heterocycles. The number of nitrogens with one attached hydrogen (secondary N) is 3. The maximum Gasteiger partial charge on any atom is 0.242 e. The van der Waals surface area contributed by atoms with E-state index in [1.54, 1.807) is 0 Å². The van der Waals surface area contributed by atoms with E-state index in [1.165, 1.54) is 24.3 Å². The molecule has 0 aliphatic rings. The number of amides is 3. The number of benzene rings is 2. The Labute approximate surface area is 199 Å². The number of likely N-dealkylation sites (N-methyl/N-ethyl adjacent to an activating group) is 1. The van der Waals surface area contributed by atoms with E-state index < -0.39 is 29.7 Å². The predicted octanol–water partition coefficient (Wildman–Crippen LogP) is 3.14. The zero-order valence-electron chi connectivity index (χ0n) is 19.2. The van der Waals surface area contributed by atoms with Crippen molar-refractivity contribution in [1.29, 1.82) is 0 Å². The summed E-state index contributed by atoms with van der Waals surface area (Å²) < 4.78 is 0. The van der Waals surface area contributed by atoms with Crippen LogP contribution in [0.4, 0.5) is 0 Å². The first kappa shape index (κ1) is 26.4. The van der Waals surface area contributed by atoms with Gasteiger partial charge in [0, 0.05) is 24.1 Å². The van der Waals surface area contributed by atoms with Gasteiger partial charge in [0.2, 0.25) is 17.7 Å². The largest absolute Gasteiger partial charge is 0.759 e. The first-order chi connectivity index (χ1) is 15.8. The van der Waals surface area contributed by atoms with Crippen molar-refractivity contribution in [2.24, 2.45) is 17.8 Å². The molecule has 0 bridgehead atoms. The highest BCUT2D eigenvalue weighted by molar-refractivity contribution is 7.99. The summed E-state index contributed by atoms with van der Waals surface area (Å²) in [5.41, 5.74) is 2.38. The van der Waals surface area contributed by atoms with Crippen LogP contribution >= 0.6 is 11.8 Å². The molecule has 0 radical (unpaired) electrons. The van der Waals surface area contributed by atoms with Crippen molar-refractivity contribution < 1.29 is 14.4 Å². The molecule has 2 rings (SSSR count). The van der Waals surface area contributed by atoms with Crippen LogP contribution in [0.3, 0.4) is 0 Å². The lowest BCUT2D eigenvalue weighted by Crippen LogP contribution is -2.51. The lowest BCUT2D eigenvalue weighted by atomic mass is 9.84. The van der Waals surface area contributed by atoms with E-state index in [0.717, 1.165) is 10.5 Å². The SMILES string of the molecule is CNC(=O)[C@H](Cc1ccccc1)NC(=O)[C@H](CC(C)C)[C@H](CSc1ccccc1)C(=O)N[O-]. The third-order valence-corrected chi connectivity index (χ3v) is 6.45.